The highest BCUT2D eigenvalue weighted by Crippen LogP contribution is 2.25. The molecule has 1 aliphatic heterocycles. The molecule has 0 atom stereocenters. The van der Waals surface area contributed by atoms with Crippen molar-refractivity contribution in [1.82, 2.24) is 42.3 Å². The lowest BCUT2D eigenvalue weighted by Crippen LogP contribution is -2.37. The highest BCUT2D eigenvalue weighted by Gasteiger charge is 2.19. The number of hydrogen-bond acceptors (Lipinski definition) is 10. The molecule has 0 radical (unpaired) electrons. The summed E-state index contributed by atoms with van der Waals surface area (Å²) in [6.45, 7) is 11.5. The predicted octanol–water partition coefficient (Wildman–Crippen LogP) is 3.89. The van der Waals surface area contributed by atoms with Gasteiger partial charge in [-0.1, -0.05) is 49.2 Å². The average Bonchev–Trinajstić information content (AvgIpc) is 3.63. The SMILES string of the molecule is C.C=C(C)CCCn1cnc2c1c(=S)n(C)c(=O)n2C.Cn1c(=S)c2c(nc(SCCN3CCOCC3)n2CCCC(=O)O)n(C)c1=O. The predicted molar refractivity (Wildman–Crippen MR) is 195 cm³/mol. The fraction of sp³-hybridized carbons (Fsp3) is 0.581. The highest BCUT2D eigenvalue weighted by molar-refractivity contribution is 7.99. The molecule has 17 heteroatoms. The number of thioether (sulfide) groups is 1. The Morgan fingerprint density at radius 3 is 2.10 bits per heavy atom. The number of imidazole rings is 2. The molecular formula is C31H47N9O5S3. The third-order valence-electron chi connectivity index (χ3n) is 8.05. The Morgan fingerprint density at radius 1 is 0.917 bits per heavy atom. The normalized spacial score (nSPS) is 13.4. The van der Waals surface area contributed by atoms with Crippen LogP contribution in [-0.4, -0.2) is 91.9 Å². The van der Waals surface area contributed by atoms with Crippen LogP contribution in [0.15, 0.2) is 33.2 Å². The first-order valence-electron chi connectivity index (χ1n) is 15.4. The van der Waals surface area contributed by atoms with Gasteiger partial charge in [0.1, 0.15) is 20.3 Å². The van der Waals surface area contributed by atoms with E-state index in [0.29, 0.717) is 39.1 Å². The molecule has 4 aromatic heterocycles. The molecule has 4 aromatic rings. The monoisotopic (exact) mass is 721 g/mol. The van der Waals surface area contributed by atoms with Gasteiger partial charge in [-0.05, 0) is 26.2 Å². The molecule has 5 heterocycles. The maximum Gasteiger partial charge on any atom is 0.330 e. The van der Waals surface area contributed by atoms with Crippen LogP contribution in [-0.2, 0) is 50.8 Å². The van der Waals surface area contributed by atoms with Gasteiger partial charge in [0.15, 0.2) is 16.5 Å². The van der Waals surface area contributed by atoms with Gasteiger partial charge in [0, 0.05) is 73.1 Å². The molecule has 1 aliphatic rings. The topological polar surface area (TPSA) is 139 Å². The van der Waals surface area contributed by atoms with E-state index >= 15 is 0 Å². The van der Waals surface area contributed by atoms with Gasteiger partial charge < -0.3 is 19.0 Å². The zero-order valence-corrected chi connectivity index (χ0v) is 30.0. The van der Waals surface area contributed by atoms with Crippen molar-refractivity contribution in [3.05, 3.63) is 48.7 Å². The van der Waals surface area contributed by atoms with Crippen LogP contribution in [0.4, 0.5) is 0 Å². The van der Waals surface area contributed by atoms with Crippen LogP contribution in [0, 0.1) is 9.28 Å². The second kappa shape index (κ2) is 17.3. The van der Waals surface area contributed by atoms with Crippen LogP contribution < -0.4 is 11.4 Å². The molecule has 0 amide bonds. The van der Waals surface area contributed by atoms with Crippen molar-refractivity contribution >= 4 is 64.5 Å². The summed E-state index contributed by atoms with van der Waals surface area (Å²) in [7, 11) is 6.72. The second-order valence-electron chi connectivity index (χ2n) is 11.6. The molecule has 14 nitrogen and oxygen atoms in total. The van der Waals surface area contributed by atoms with Crippen LogP contribution in [0.3, 0.4) is 0 Å². The zero-order valence-electron chi connectivity index (χ0n) is 27.6. The van der Waals surface area contributed by atoms with E-state index < -0.39 is 5.97 Å². The van der Waals surface area contributed by atoms with Crippen molar-refractivity contribution in [2.45, 2.75) is 58.3 Å². The van der Waals surface area contributed by atoms with Crippen molar-refractivity contribution in [2.24, 2.45) is 28.2 Å². The molecule has 264 valence electrons. The van der Waals surface area contributed by atoms with E-state index in [-0.39, 0.29) is 25.2 Å². The summed E-state index contributed by atoms with van der Waals surface area (Å²) in [5.74, 6) is 0.0113. The fourth-order valence-electron chi connectivity index (χ4n) is 5.34. The van der Waals surface area contributed by atoms with Gasteiger partial charge in [-0.3, -0.25) is 28.0 Å². The Hall–Kier alpha value is -3.38. The van der Waals surface area contributed by atoms with Crippen LogP contribution in [0.1, 0.15) is 40.0 Å². The first-order valence-corrected chi connectivity index (χ1v) is 17.2. The molecule has 0 unspecified atom stereocenters. The van der Waals surface area contributed by atoms with E-state index in [1.165, 1.54) is 23.8 Å². The number of hydrogen-bond donors (Lipinski definition) is 1. The lowest BCUT2D eigenvalue weighted by Gasteiger charge is -2.26. The smallest absolute Gasteiger partial charge is 0.330 e. The molecule has 48 heavy (non-hydrogen) atoms. The molecule has 0 spiro atoms. The van der Waals surface area contributed by atoms with Gasteiger partial charge in [-0.15, -0.1) is 6.58 Å². The summed E-state index contributed by atoms with van der Waals surface area (Å²) >= 11 is 12.5. The van der Waals surface area contributed by atoms with Crippen molar-refractivity contribution in [3.63, 3.8) is 0 Å². The first kappa shape index (κ1) is 39.1. The third kappa shape index (κ3) is 8.80. The number of aromatic nitrogens is 8. The number of fused-ring (bicyclic) bond motifs is 2. The molecule has 0 bridgehead atoms. The number of carboxylic acids is 1. The minimum atomic E-state index is -0.831. The number of allylic oxidation sites excluding steroid dienone is 1. The van der Waals surface area contributed by atoms with Crippen LogP contribution in [0.2, 0.25) is 0 Å². The van der Waals surface area contributed by atoms with Crippen molar-refractivity contribution < 1.29 is 14.6 Å². The van der Waals surface area contributed by atoms with Crippen molar-refractivity contribution in [1.29, 1.82) is 0 Å². The molecular weight excluding hydrogens is 675 g/mol. The van der Waals surface area contributed by atoms with E-state index in [2.05, 4.69) is 21.4 Å². The van der Waals surface area contributed by atoms with Crippen molar-refractivity contribution in [3.8, 4) is 0 Å². The highest BCUT2D eigenvalue weighted by atomic mass is 32.2. The Morgan fingerprint density at radius 2 is 1.50 bits per heavy atom. The van der Waals surface area contributed by atoms with Gasteiger partial charge >= 0.3 is 17.3 Å². The number of aliphatic carboxylic acids is 1. The number of carbonyl (C=O) groups is 1. The maximum absolute atomic E-state index is 12.4. The maximum atomic E-state index is 12.4. The van der Waals surface area contributed by atoms with Gasteiger partial charge in [0.25, 0.3) is 0 Å². The van der Waals surface area contributed by atoms with E-state index in [0.717, 1.165) is 68.7 Å². The number of rotatable bonds is 12. The number of carboxylic acid groups (broad SMARTS) is 1. The molecule has 5 rings (SSSR count). The van der Waals surface area contributed by atoms with E-state index in [1.807, 2.05) is 16.1 Å². The van der Waals surface area contributed by atoms with Gasteiger partial charge in [0.05, 0.1) is 19.5 Å². The van der Waals surface area contributed by atoms with Crippen molar-refractivity contribution in [2.75, 3.05) is 38.6 Å². The Balaban J connectivity index is 0.000000274. The summed E-state index contributed by atoms with van der Waals surface area (Å²) in [4.78, 5) is 46.5. The summed E-state index contributed by atoms with van der Waals surface area (Å²) in [5, 5.41) is 9.74. The summed E-state index contributed by atoms with van der Waals surface area (Å²) in [6, 6.07) is 0. The number of morpholine rings is 1. The van der Waals surface area contributed by atoms with Gasteiger partial charge in [-0.2, -0.15) is 0 Å². The van der Waals surface area contributed by atoms with Gasteiger partial charge in [0.2, 0.25) is 0 Å². The standard InChI is InChI=1S/C17H25N5O4S2.C13H18N4OS.CH4/c1-19-14-13(15(27)20(2)17(19)25)22(5-3-4-12(23)24)16(18-14)28-11-8-21-6-9-26-10-7-21;1-9(2)6-5-7-17-8-14-11-10(17)12(19)16(4)13(18)15(11)3;/h3-11H2,1-2H3,(H,23,24);8H,1,5-7H2,2-4H3;1H4. The summed E-state index contributed by atoms with van der Waals surface area (Å²) in [6.07, 6.45) is 4.26. The molecule has 0 saturated carbocycles. The average molecular weight is 722 g/mol. The zero-order chi connectivity index (χ0) is 34.4. The minimum absolute atomic E-state index is 0. The Bertz CT molecular complexity index is 2010. The van der Waals surface area contributed by atoms with Crippen LogP contribution in [0.5, 0.6) is 0 Å². The van der Waals surface area contributed by atoms with Crippen LogP contribution in [0.25, 0.3) is 22.3 Å². The lowest BCUT2D eigenvalue weighted by atomic mass is 10.2. The van der Waals surface area contributed by atoms with E-state index in [9.17, 15) is 14.4 Å². The fourth-order valence-corrected chi connectivity index (χ4v) is 6.93. The molecule has 0 aliphatic carbocycles. The summed E-state index contributed by atoms with van der Waals surface area (Å²) < 4.78 is 16.2. The lowest BCUT2D eigenvalue weighted by molar-refractivity contribution is -0.137. The van der Waals surface area contributed by atoms with E-state index in [1.54, 1.807) is 46.3 Å². The third-order valence-corrected chi connectivity index (χ3v) is 9.94. The first-order chi connectivity index (χ1) is 22.3. The Kier molecular flexibility index (Phi) is 14.1. The Labute approximate surface area is 294 Å². The van der Waals surface area contributed by atoms with Gasteiger partial charge in [-0.25, -0.2) is 19.6 Å². The molecule has 0 aromatic carbocycles. The number of aryl methyl sites for hydroxylation is 4. The molecule has 1 fully saturated rings. The van der Waals surface area contributed by atoms with E-state index in [4.69, 9.17) is 34.3 Å². The summed E-state index contributed by atoms with van der Waals surface area (Å²) in [5.41, 5.74) is 3.53. The number of ether oxygens (including phenoxy) is 1. The largest absolute Gasteiger partial charge is 0.481 e. The second-order valence-corrected chi connectivity index (χ2v) is 13.4. The minimum Gasteiger partial charge on any atom is -0.481 e. The quantitative estimate of drug-likeness (QED) is 0.130. The molecule has 1 saturated heterocycles. The number of nitrogens with zero attached hydrogens (tertiary/aromatic N) is 9. The molecule has 1 N–H and O–H groups in total. The van der Waals surface area contributed by atoms with Crippen LogP contribution >= 0.6 is 36.2 Å².